The van der Waals surface area contributed by atoms with Gasteiger partial charge in [-0.25, -0.2) is 17.6 Å². The number of aromatic nitrogens is 1. The van der Waals surface area contributed by atoms with Crippen LogP contribution in [0.5, 0.6) is 0 Å². The maximum atomic E-state index is 13.5. The predicted octanol–water partition coefficient (Wildman–Crippen LogP) is 3.06. The topological polar surface area (TPSA) is 90.5 Å². The third-order valence-electron chi connectivity index (χ3n) is 4.95. The average Bonchev–Trinajstić information content (AvgIpc) is 3.00. The lowest BCUT2D eigenvalue weighted by molar-refractivity contribution is 0.0697. The summed E-state index contributed by atoms with van der Waals surface area (Å²) in [5.41, 5.74) is 2.89. The summed E-state index contributed by atoms with van der Waals surface area (Å²) < 4.78 is 40.8. The zero-order valence-corrected chi connectivity index (χ0v) is 15.3. The zero-order valence-electron chi connectivity index (χ0n) is 14.5. The number of rotatable bonds is 3. The molecule has 1 aliphatic rings. The molecule has 0 fully saturated rings. The number of nitrogens with zero attached hydrogens (tertiary/aromatic N) is 1. The minimum atomic E-state index is -3.78. The monoisotopic (exact) mass is 388 g/mol. The molecular weight excluding hydrogens is 371 g/mol. The number of H-pyrrole nitrogens is 1. The maximum Gasteiger partial charge on any atom is 0.335 e. The summed E-state index contributed by atoms with van der Waals surface area (Å²) in [7, 11) is -3.78. The zero-order chi connectivity index (χ0) is 19.3. The Bertz CT molecular complexity index is 1180. The molecule has 1 aliphatic heterocycles. The van der Waals surface area contributed by atoms with E-state index in [1.54, 1.807) is 12.1 Å². The van der Waals surface area contributed by atoms with Crippen molar-refractivity contribution in [1.82, 2.24) is 9.29 Å². The van der Waals surface area contributed by atoms with E-state index < -0.39 is 21.8 Å². The first-order valence-corrected chi connectivity index (χ1v) is 9.84. The molecule has 27 heavy (non-hydrogen) atoms. The molecule has 2 aromatic carbocycles. The highest BCUT2D eigenvalue weighted by atomic mass is 32.2. The second-order valence-electron chi connectivity index (χ2n) is 6.65. The van der Waals surface area contributed by atoms with Crippen LogP contribution < -0.4 is 0 Å². The average molecular weight is 388 g/mol. The van der Waals surface area contributed by atoms with Gasteiger partial charge in [0.05, 0.1) is 10.5 Å². The Morgan fingerprint density at radius 1 is 1.22 bits per heavy atom. The van der Waals surface area contributed by atoms with Gasteiger partial charge in [-0.05, 0) is 54.4 Å². The second-order valence-corrected chi connectivity index (χ2v) is 8.59. The maximum absolute atomic E-state index is 13.5. The first kappa shape index (κ1) is 17.7. The fourth-order valence-corrected chi connectivity index (χ4v) is 4.95. The fourth-order valence-electron chi connectivity index (χ4n) is 3.45. The van der Waals surface area contributed by atoms with Crippen molar-refractivity contribution in [2.45, 2.75) is 24.8 Å². The Balaban J connectivity index is 1.75. The molecule has 4 rings (SSSR count). The highest BCUT2D eigenvalue weighted by Crippen LogP contribution is 2.31. The van der Waals surface area contributed by atoms with Crippen LogP contribution in [-0.2, 0) is 23.0 Å². The number of carboxylic acid groups (broad SMARTS) is 1. The Morgan fingerprint density at radius 2 is 2.00 bits per heavy atom. The van der Waals surface area contributed by atoms with Crippen LogP contribution in [0.15, 0.2) is 41.3 Å². The van der Waals surface area contributed by atoms with Gasteiger partial charge in [0.25, 0.3) is 0 Å². The van der Waals surface area contributed by atoms with Crippen LogP contribution in [0.3, 0.4) is 0 Å². The summed E-state index contributed by atoms with van der Waals surface area (Å²) in [5.74, 6) is -1.48. The number of benzene rings is 2. The van der Waals surface area contributed by atoms with Gasteiger partial charge in [0.2, 0.25) is 10.0 Å². The number of hydrogen-bond donors (Lipinski definition) is 2. The molecule has 0 saturated carbocycles. The molecule has 0 spiro atoms. The molecule has 1 aromatic heterocycles. The molecule has 0 radical (unpaired) electrons. The van der Waals surface area contributed by atoms with E-state index in [2.05, 4.69) is 4.98 Å². The third kappa shape index (κ3) is 2.90. The van der Waals surface area contributed by atoms with E-state index in [0.29, 0.717) is 18.4 Å². The fraction of sp³-hybridized carbons (Fsp3) is 0.211. The lowest BCUT2D eigenvalue weighted by Gasteiger charge is -2.26. The number of nitrogens with one attached hydrogen (secondary N) is 1. The first-order valence-electron chi connectivity index (χ1n) is 8.40. The lowest BCUT2D eigenvalue weighted by Crippen LogP contribution is -2.35. The van der Waals surface area contributed by atoms with Crippen molar-refractivity contribution in [2.75, 3.05) is 6.54 Å². The van der Waals surface area contributed by atoms with Crippen molar-refractivity contribution in [2.24, 2.45) is 0 Å². The Kier molecular flexibility index (Phi) is 4.05. The number of fused-ring (bicyclic) bond motifs is 3. The van der Waals surface area contributed by atoms with Gasteiger partial charge in [-0.3, -0.25) is 0 Å². The van der Waals surface area contributed by atoms with Gasteiger partial charge in [-0.15, -0.1) is 0 Å². The van der Waals surface area contributed by atoms with Crippen molar-refractivity contribution in [3.05, 3.63) is 64.6 Å². The number of aromatic amines is 1. The van der Waals surface area contributed by atoms with Crippen LogP contribution in [0.4, 0.5) is 4.39 Å². The molecule has 8 heteroatoms. The Hall–Kier alpha value is -2.71. The Labute approximate surface area is 155 Å². The molecule has 140 valence electrons. The van der Waals surface area contributed by atoms with Gasteiger partial charge in [-0.2, -0.15) is 4.31 Å². The highest BCUT2D eigenvalue weighted by molar-refractivity contribution is 7.89. The van der Waals surface area contributed by atoms with Gasteiger partial charge in [0, 0.05) is 36.1 Å². The summed E-state index contributed by atoms with van der Waals surface area (Å²) >= 11 is 0. The minimum absolute atomic E-state index is 0.0518. The third-order valence-corrected chi connectivity index (χ3v) is 6.80. The largest absolute Gasteiger partial charge is 0.478 e. The van der Waals surface area contributed by atoms with E-state index in [1.165, 1.54) is 29.4 Å². The van der Waals surface area contributed by atoms with Gasteiger partial charge >= 0.3 is 5.97 Å². The molecule has 6 nitrogen and oxygen atoms in total. The summed E-state index contributed by atoms with van der Waals surface area (Å²) in [6, 6.07) is 8.53. The molecule has 2 heterocycles. The second kappa shape index (κ2) is 6.17. The predicted molar refractivity (Wildman–Crippen MR) is 97.7 cm³/mol. The van der Waals surface area contributed by atoms with E-state index in [9.17, 15) is 22.7 Å². The van der Waals surface area contributed by atoms with Crippen molar-refractivity contribution in [3.8, 4) is 0 Å². The molecule has 0 saturated heterocycles. The molecular formula is C19H17FN2O4S. The smallest absolute Gasteiger partial charge is 0.335 e. The van der Waals surface area contributed by atoms with E-state index in [1.807, 2.05) is 0 Å². The summed E-state index contributed by atoms with van der Waals surface area (Å²) in [6.07, 6.45) is 0.492. The van der Waals surface area contributed by atoms with Crippen LogP contribution in [0.25, 0.3) is 10.9 Å². The normalized spacial score (nSPS) is 15.0. The van der Waals surface area contributed by atoms with Gasteiger partial charge in [0.1, 0.15) is 5.82 Å². The first-order chi connectivity index (χ1) is 12.8. The molecule has 0 atom stereocenters. The number of carbonyl (C=O) groups is 1. The molecule has 0 unspecified atom stereocenters. The summed E-state index contributed by atoms with van der Waals surface area (Å²) in [4.78, 5) is 14.6. The van der Waals surface area contributed by atoms with Crippen LogP contribution in [0.1, 0.15) is 27.2 Å². The molecule has 0 bridgehead atoms. The standard InChI is InChI=1S/C19H17FN2O4S/c1-11-8-13(3-4-16(11)20)27(25,26)22-7-6-18-15(10-22)14-9-12(19(23)24)2-5-17(14)21-18/h2-5,8-9,21H,6-7,10H2,1H3,(H,23,24). The number of sulfonamides is 1. The van der Waals surface area contributed by atoms with Crippen LogP contribution in [0, 0.1) is 12.7 Å². The molecule has 3 aromatic rings. The molecule has 0 amide bonds. The van der Waals surface area contributed by atoms with Crippen molar-refractivity contribution in [1.29, 1.82) is 0 Å². The van der Waals surface area contributed by atoms with Gasteiger partial charge in [0.15, 0.2) is 0 Å². The van der Waals surface area contributed by atoms with Gasteiger partial charge < -0.3 is 10.1 Å². The minimum Gasteiger partial charge on any atom is -0.478 e. The number of halogens is 1. The quantitative estimate of drug-likeness (QED) is 0.722. The van der Waals surface area contributed by atoms with E-state index in [-0.39, 0.29) is 22.6 Å². The van der Waals surface area contributed by atoms with Crippen molar-refractivity contribution in [3.63, 3.8) is 0 Å². The van der Waals surface area contributed by atoms with Crippen molar-refractivity contribution < 1.29 is 22.7 Å². The van der Waals surface area contributed by atoms with E-state index in [0.717, 1.165) is 22.8 Å². The highest BCUT2D eigenvalue weighted by Gasteiger charge is 2.30. The van der Waals surface area contributed by atoms with E-state index in [4.69, 9.17) is 0 Å². The van der Waals surface area contributed by atoms with Crippen LogP contribution in [0.2, 0.25) is 0 Å². The van der Waals surface area contributed by atoms with E-state index >= 15 is 0 Å². The van der Waals surface area contributed by atoms with Gasteiger partial charge in [-0.1, -0.05) is 0 Å². The summed E-state index contributed by atoms with van der Waals surface area (Å²) in [5, 5.41) is 9.93. The van der Waals surface area contributed by atoms with Crippen LogP contribution >= 0.6 is 0 Å². The number of aryl methyl sites for hydroxylation is 1. The number of hydrogen-bond acceptors (Lipinski definition) is 3. The Morgan fingerprint density at radius 3 is 2.70 bits per heavy atom. The SMILES string of the molecule is Cc1cc(S(=O)(=O)N2CCc3[nH]c4ccc(C(=O)O)cc4c3C2)ccc1F. The lowest BCUT2D eigenvalue weighted by atomic mass is 10.0. The summed E-state index contributed by atoms with van der Waals surface area (Å²) in [6.45, 7) is 1.96. The number of aromatic carboxylic acids is 1. The molecule has 0 aliphatic carbocycles. The number of carboxylic acids is 1. The molecule has 2 N–H and O–H groups in total. The van der Waals surface area contributed by atoms with Crippen molar-refractivity contribution >= 4 is 26.9 Å². The van der Waals surface area contributed by atoms with Crippen LogP contribution in [-0.4, -0.2) is 35.3 Å².